The van der Waals surface area contributed by atoms with Crippen molar-refractivity contribution in [2.24, 2.45) is 0 Å². The Labute approximate surface area is 267 Å². The molecule has 2 N–H and O–H groups in total. The molecule has 4 aromatic rings. The van der Waals surface area contributed by atoms with Crippen LogP contribution in [-0.4, -0.2) is 42.4 Å². The minimum absolute atomic E-state index is 0.148. The van der Waals surface area contributed by atoms with E-state index in [2.05, 4.69) is 15.5 Å². The topological polar surface area (TPSA) is 108 Å². The fraction of sp³-hybridized carbons (Fsp3) is 0.278. The first-order chi connectivity index (χ1) is 22.3. The van der Waals surface area contributed by atoms with Crippen LogP contribution in [0.4, 0.5) is 21.0 Å². The average molecular weight is 622 g/mol. The van der Waals surface area contributed by atoms with E-state index in [1.807, 2.05) is 123 Å². The smallest absolute Gasteiger partial charge is 0.411 e. The second-order valence-electron chi connectivity index (χ2n) is 11.9. The van der Waals surface area contributed by atoms with Crippen molar-refractivity contribution >= 4 is 23.6 Å². The molecule has 236 valence electrons. The van der Waals surface area contributed by atoms with Crippen LogP contribution >= 0.6 is 0 Å². The van der Waals surface area contributed by atoms with E-state index in [1.54, 1.807) is 0 Å². The quantitative estimate of drug-likeness (QED) is 0.224. The van der Waals surface area contributed by atoms with Crippen LogP contribution in [0.3, 0.4) is 0 Å². The Kier molecular flexibility index (Phi) is 7.95. The van der Waals surface area contributed by atoms with Crippen LogP contribution in [0.1, 0.15) is 36.1 Å². The SMILES string of the molecule is C[C@@]1(c2ccccc2NC(=O)OCc2ccccc2)O[C@@H]2N3[C@H](CO[C@H]31)O[C@]2(C)c1ccccc1NC(=O)OCc1ccccc1. The van der Waals surface area contributed by atoms with E-state index in [-0.39, 0.29) is 19.4 Å². The van der Waals surface area contributed by atoms with Gasteiger partial charge in [-0.2, -0.15) is 0 Å². The third-order valence-corrected chi connectivity index (χ3v) is 8.77. The lowest BCUT2D eigenvalue weighted by Gasteiger charge is -2.34. The van der Waals surface area contributed by atoms with Gasteiger partial charge in [-0.15, -0.1) is 0 Å². The summed E-state index contributed by atoms with van der Waals surface area (Å²) >= 11 is 0. The molecule has 46 heavy (non-hydrogen) atoms. The van der Waals surface area contributed by atoms with Crippen LogP contribution in [0.25, 0.3) is 0 Å². The lowest BCUT2D eigenvalue weighted by atomic mass is 9.92. The number of nitrogens with zero attached hydrogens (tertiary/aromatic N) is 1. The summed E-state index contributed by atoms with van der Waals surface area (Å²) in [6.45, 7) is 4.54. The Morgan fingerprint density at radius 1 is 0.674 bits per heavy atom. The zero-order valence-electron chi connectivity index (χ0n) is 25.6. The Balaban J connectivity index is 1.11. The fourth-order valence-corrected chi connectivity index (χ4v) is 6.58. The number of ether oxygens (including phenoxy) is 5. The van der Waals surface area contributed by atoms with E-state index in [0.717, 1.165) is 22.3 Å². The van der Waals surface area contributed by atoms with Gasteiger partial charge in [0, 0.05) is 11.1 Å². The summed E-state index contributed by atoms with van der Waals surface area (Å²) in [7, 11) is 0. The lowest BCUT2D eigenvalue weighted by Crippen LogP contribution is -2.41. The van der Waals surface area contributed by atoms with Crippen molar-refractivity contribution in [2.45, 2.75) is 56.9 Å². The molecule has 0 aliphatic carbocycles. The summed E-state index contributed by atoms with van der Waals surface area (Å²) in [6, 6.07) is 34.0. The van der Waals surface area contributed by atoms with E-state index in [0.29, 0.717) is 18.0 Å². The molecule has 3 aliphatic heterocycles. The van der Waals surface area contributed by atoms with Gasteiger partial charge in [0.05, 0.1) is 18.0 Å². The number of benzene rings is 4. The molecule has 3 saturated heterocycles. The van der Waals surface area contributed by atoms with E-state index in [4.69, 9.17) is 23.7 Å². The fourth-order valence-electron chi connectivity index (χ4n) is 6.58. The van der Waals surface area contributed by atoms with Crippen molar-refractivity contribution in [3.05, 3.63) is 131 Å². The number of nitrogens with one attached hydrogen (secondary N) is 2. The second-order valence-corrected chi connectivity index (χ2v) is 11.9. The molecule has 10 nitrogen and oxygen atoms in total. The highest BCUT2D eigenvalue weighted by Crippen LogP contribution is 2.57. The molecular weight excluding hydrogens is 586 g/mol. The maximum atomic E-state index is 12.9. The molecule has 0 saturated carbocycles. The van der Waals surface area contributed by atoms with Gasteiger partial charge in [0.15, 0.2) is 0 Å². The standard InChI is InChI=1S/C36H35N3O7/c1-35(26-17-9-11-19-28(26)37-33(40)43-21-24-13-5-3-6-14-24)31-39-30(23-42-31)45-36(2,32(39)46-35)27-18-10-12-20-29(27)38-34(41)44-22-25-15-7-4-8-16-25/h3-20,30-32H,21-23H2,1-2H3,(H,37,40)(H,38,41)/t30-,31-,32-,35-,36+/m0/s1. The van der Waals surface area contributed by atoms with Crippen LogP contribution in [0.2, 0.25) is 0 Å². The molecule has 0 bridgehead atoms. The summed E-state index contributed by atoms with van der Waals surface area (Å²) in [4.78, 5) is 27.8. The molecule has 10 heteroatoms. The minimum Gasteiger partial charge on any atom is -0.444 e. The number of rotatable bonds is 8. The maximum Gasteiger partial charge on any atom is 0.411 e. The first-order valence-corrected chi connectivity index (χ1v) is 15.2. The summed E-state index contributed by atoms with van der Waals surface area (Å²) < 4.78 is 30.8. The second kappa shape index (κ2) is 12.2. The van der Waals surface area contributed by atoms with E-state index in [9.17, 15) is 9.59 Å². The molecule has 5 atom stereocenters. The van der Waals surface area contributed by atoms with Crippen molar-refractivity contribution < 1.29 is 33.3 Å². The number of para-hydroxylation sites is 2. The van der Waals surface area contributed by atoms with Crippen LogP contribution in [0.5, 0.6) is 0 Å². The largest absolute Gasteiger partial charge is 0.444 e. The number of hydrogen-bond donors (Lipinski definition) is 2. The molecule has 3 heterocycles. The van der Waals surface area contributed by atoms with Crippen LogP contribution < -0.4 is 10.6 Å². The van der Waals surface area contributed by atoms with Crippen molar-refractivity contribution in [3.63, 3.8) is 0 Å². The molecule has 3 aliphatic rings. The summed E-state index contributed by atoms with van der Waals surface area (Å²) in [5, 5.41) is 5.81. The monoisotopic (exact) mass is 621 g/mol. The van der Waals surface area contributed by atoms with E-state index >= 15 is 0 Å². The highest BCUT2D eigenvalue weighted by molar-refractivity contribution is 5.86. The van der Waals surface area contributed by atoms with E-state index in [1.165, 1.54) is 0 Å². The maximum absolute atomic E-state index is 12.9. The zero-order chi connectivity index (χ0) is 31.7. The van der Waals surface area contributed by atoms with Gasteiger partial charge >= 0.3 is 12.2 Å². The van der Waals surface area contributed by atoms with Crippen LogP contribution in [0.15, 0.2) is 109 Å². The third kappa shape index (κ3) is 5.50. The molecule has 0 radical (unpaired) electrons. The number of carbonyl (C=O) groups is 2. The van der Waals surface area contributed by atoms with Gasteiger partial charge in [-0.25, -0.2) is 14.5 Å². The minimum atomic E-state index is -0.981. The normalized spacial score (nSPS) is 26.3. The first kappa shape index (κ1) is 29.9. The Hall–Kier alpha value is -4.74. The highest BCUT2D eigenvalue weighted by atomic mass is 16.7. The van der Waals surface area contributed by atoms with Gasteiger partial charge in [0.25, 0.3) is 0 Å². The summed E-state index contributed by atoms with van der Waals surface area (Å²) in [5.74, 6) is 0. The van der Waals surface area contributed by atoms with Gasteiger partial charge in [-0.3, -0.25) is 10.6 Å². The van der Waals surface area contributed by atoms with Crippen LogP contribution in [0, 0.1) is 0 Å². The summed E-state index contributed by atoms with van der Waals surface area (Å²) in [6.07, 6.45) is -2.59. The van der Waals surface area contributed by atoms with Gasteiger partial charge in [0.2, 0.25) is 0 Å². The predicted molar refractivity (Wildman–Crippen MR) is 169 cm³/mol. The average Bonchev–Trinajstić information content (AvgIpc) is 3.72. The predicted octanol–water partition coefficient (Wildman–Crippen LogP) is 6.69. The first-order valence-electron chi connectivity index (χ1n) is 15.2. The van der Waals surface area contributed by atoms with Crippen molar-refractivity contribution in [1.82, 2.24) is 4.90 Å². The van der Waals surface area contributed by atoms with Gasteiger partial charge in [-0.1, -0.05) is 97.1 Å². The van der Waals surface area contributed by atoms with Crippen molar-refractivity contribution in [1.29, 1.82) is 0 Å². The zero-order valence-corrected chi connectivity index (χ0v) is 25.6. The number of carbonyl (C=O) groups excluding carboxylic acids is 2. The van der Waals surface area contributed by atoms with Gasteiger partial charge in [0.1, 0.15) is 43.1 Å². The number of anilines is 2. The molecule has 3 fully saturated rings. The highest BCUT2D eigenvalue weighted by Gasteiger charge is 2.68. The van der Waals surface area contributed by atoms with Gasteiger partial charge < -0.3 is 23.7 Å². The molecule has 4 aromatic carbocycles. The molecule has 0 spiro atoms. The Morgan fingerprint density at radius 3 is 1.65 bits per heavy atom. The third-order valence-electron chi connectivity index (χ3n) is 8.77. The molecule has 7 rings (SSSR count). The van der Waals surface area contributed by atoms with E-state index < -0.39 is 35.8 Å². The van der Waals surface area contributed by atoms with Crippen LogP contribution in [-0.2, 0) is 48.1 Å². The molecule has 0 aromatic heterocycles. The molecular formula is C36H35N3O7. The van der Waals surface area contributed by atoms with Gasteiger partial charge in [-0.05, 0) is 37.1 Å². The lowest BCUT2D eigenvalue weighted by molar-refractivity contribution is -0.137. The number of amides is 2. The Morgan fingerprint density at radius 2 is 1.13 bits per heavy atom. The number of hydrogen-bond acceptors (Lipinski definition) is 8. The molecule has 0 unspecified atom stereocenters. The Bertz CT molecular complexity index is 1620. The summed E-state index contributed by atoms with van der Waals surface area (Å²) in [5.41, 5.74) is 2.41. The molecule has 2 amide bonds. The van der Waals surface area contributed by atoms with Crippen molar-refractivity contribution in [3.8, 4) is 0 Å². The van der Waals surface area contributed by atoms with Crippen molar-refractivity contribution in [2.75, 3.05) is 17.2 Å².